The molecule has 1 aliphatic rings. The summed E-state index contributed by atoms with van der Waals surface area (Å²) in [6.07, 6.45) is 5.58. The predicted octanol–water partition coefficient (Wildman–Crippen LogP) is 5.18. The summed E-state index contributed by atoms with van der Waals surface area (Å²) in [7, 11) is 3.90. The molecule has 0 radical (unpaired) electrons. The number of piperidine rings is 1. The van der Waals surface area contributed by atoms with Gasteiger partial charge in [0, 0.05) is 71.3 Å². The maximum atomic E-state index is 13.3. The highest BCUT2D eigenvalue weighted by Gasteiger charge is 2.25. The average molecular weight is 592 g/mol. The molecule has 1 saturated heterocycles. The Morgan fingerprint density at radius 3 is 2.76 bits per heavy atom. The molecule has 214 valence electrons. The zero-order valence-corrected chi connectivity index (χ0v) is 24.8. The number of fused-ring (bicyclic) bond motifs is 1. The number of amides is 2. The summed E-state index contributed by atoms with van der Waals surface area (Å²) in [6, 6.07) is 15.0. The largest absolute Gasteiger partial charge is 0.360 e. The minimum atomic E-state index is -0.104. The number of hydrogen-bond donors (Lipinski definition) is 4. The molecule has 3 N–H and O–H groups in total. The van der Waals surface area contributed by atoms with E-state index in [0.717, 1.165) is 29.3 Å². The standard InChI is InChI=1S/C30H34ClN7O2S/c1-37(2)18-22(41)14-27(39)34-20-11-9-19(10-12-20)29(40)38-13-5-6-21(17-38)35-30-33-16-25(31)28(36-30)24-15-32-26-8-4-3-7-23(24)26/h3-4,7-12,15-16,21-22,32,41H,5-6,13-14,17-18H2,1-2H3,(H,34,39)(H,33,35,36)/t21-,22?/m1/s1. The number of H-pyrrole nitrogens is 1. The summed E-state index contributed by atoms with van der Waals surface area (Å²) in [5, 5.41) is 7.76. The lowest BCUT2D eigenvalue weighted by molar-refractivity contribution is -0.116. The van der Waals surface area contributed by atoms with Crippen molar-refractivity contribution in [2.75, 3.05) is 44.4 Å². The third kappa shape index (κ3) is 7.19. The molecule has 0 spiro atoms. The topological polar surface area (TPSA) is 106 Å². The van der Waals surface area contributed by atoms with Gasteiger partial charge >= 0.3 is 0 Å². The summed E-state index contributed by atoms with van der Waals surface area (Å²) in [6.45, 7) is 1.92. The minimum Gasteiger partial charge on any atom is -0.360 e. The number of thiol groups is 1. The third-order valence-electron chi connectivity index (χ3n) is 7.04. The lowest BCUT2D eigenvalue weighted by Gasteiger charge is -2.33. The molecule has 0 saturated carbocycles. The van der Waals surface area contributed by atoms with Crippen LogP contribution in [-0.2, 0) is 4.79 Å². The number of nitrogens with one attached hydrogen (secondary N) is 3. The smallest absolute Gasteiger partial charge is 0.253 e. The number of halogens is 1. The van der Waals surface area contributed by atoms with Gasteiger partial charge in [0.15, 0.2) is 0 Å². The highest BCUT2D eigenvalue weighted by Crippen LogP contribution is 2.32. The Bertz CT molecular complexity index is 1530. The first-order chi connectivity index (χ1) is 19.8. The molecule has 9 nitrogen and oxygen atoms in total. The normalized spacial score (nSPS) is 16.1. The summed E-state index contributed by atoms with van der Waals surface area (Å²) in [5.41, 5.74) is 3.80. The second kappa shape index (κ2) is 12.9. The zero-order chi connectivity index (χ0) is 28.9. The van der Waals surface area contributed by atoms with E-state index in [2.05, 4.69) is 33.2 Å². The summed E-state index contributed by atoms with van der Waals surface area (Å²) in [4.78, 5) is 41.9. The molecule has 2 amide bonds. The fourth-order valence-corrected chi connectivity index (χ4v) is 5.83. The van der Waals surface area contributed by atoms with Gasteiger partial charge in [-0.1, -0.05) is 29.8 Å². The number of anilines is 2. The second-order valence-electron chi connectivity index (χ2n) is 10.6. The second-order valence-corrected chi connectivity index (χ2v) is 11.8. The Balaban J connectivity index is 1.20. The van der Waals surface area contributed by atoms with Gasteiger partial charge in [0.05, 0.1) is 16.9 Å². The number of rotatable bonds is 9. The zero-order valence-electron chi connectivity index (χ0n) is 23.1. The molecule has 4 aromatic rings. The lowest BCUT2D eigenvalue weighted by atomic mass is 10.0. The number of nitrogens with zero attached hydrogens (tertiary/aromatic N) is 4. The van der Waals surface area contributed by atoms with Gasteiger partial charge in [0.1, 0.15) is 0 Å². The van der Waals surface area contributed by atoms with E-state index in [1.54, 1.807) is 30.5 Å². The van der Waals surface area contributed by atoms with Crippen molar-refractivity contribution in [3.05, 3.63) is 71.5 Å². The van der Waals surface area contributed by atoms with Crippen molar-refractivity contribution in [1.82, 2.24) is 24.8 Å². The minimum absolute atomic E-state index is 0.000370. The van der Waals surface area contributed by atoms with Gasteiger partial charge < -0.3 is 25.4 Å². The van der Waals surface area contributed by atoms with Crippen LogP contribution in [-0.4, -0.2) is 81.6 Å². The lowest BCUT2D eigenvalue weighted by Crippen LogP contribution is -2.45. The van der Waals surface area contributed by atoms with Crippen molar-refractivity contribution in [3.63, 3.8) is 0 Å². The van der Waals surface area contributed by atoms with E-state index in [0.29, 0.717) is 54.0 Å². The highest BCUT2D eigenvalue weighted by atomic mass is 35.5. The first-order valence-electron chi connectivity index (χ1n) is 13.6. The molecular weight excluding hydrogens is 558 g/mol. The van der Waals surface area contributed by atoms with Gasteiger partial charge in [0.2, 0.25) is 11.9 Å². The van der Waals surface area contributed by atoms with Gasteiger partial charge in [0.25, 0.3) is 5.91 Å². The van der Waals surface area contributed by atoms with Crippen molar-refractivity contribution in [2.24, 2.45) is 0 Å². The van der Waals surface area contributed by atoms with E-state index >= 15 is 0 Å². The molecule has 2 aromatic carbocycles. The average Bonchev–Trinajstić information content (AvgIpc) is 3.38. The van der Waals surface area contributed by atoms with E-state index < -0.39 is 0 Å². The van der Waals surface area contributed by atoms with Gasteiger partial charge in [-0.2, -0.15) is 12.6 Å². The van der Waals surface area contributed by atoms with Gasteiger partial charge in [-0.05, 0) is 57.3 Å². The monoisotopic (exact) mass is 591 g/mol. The molecule has 0 bridgehead atoms. The molecule has 11 heteroatoms. The van der Waals surface area contributed by atoms with Gasteiger partial charge in [-0.15, -0.1) is 0 Å². The van der Waals surface area contributed by atoms with Crippen molar-refractivity contribution in [3.8, 4) is 11.3 Å². The van der Waals surface area contributed by atoms with Crippen molar-refractivity contribution >= 4 is 58.6 Å². The number of benzene rings is 2. The number of para-hydroxylation sites is 1. The van der Waals surface area contributed by atoms with Crippen molar-refractivity contribution in [1.29, 1.82) is 0 Å². The van der Waals surface area contributed by atoms with Crippen LogP contribution >= 0.6 is 24.2 Å². The van der Waals surface area contributed by atoms with E-state index in [-0.39, 0.29) is 23.1 Å². The predicted molar refractivity (Wildman–Crippen MR) is 168 cm³/mol. The van der Waals surface area contributed by atoms with Crippen LogP contribution in [0, 0.1) is 0 Å². The molecule has 0 aliphatic carbocycles. The van der Waals surface area contributed by atoms with E-state index in [9.17, 15) is 9.59 Å². The molecule has 1 aliphatic heterocycles. The molecule has 1 fully saturated rings. The summed E-state index contributed by atoms with van der Waals surface area (Å²) >= 11 is 11.0. The van der Waals surface area contributed by atoms with Crippen LogP contribution in [0.4, 0.5) is 11.6 Å². The van der Waals surface area contributed by atoms with Crippen LogP contribution in [0.15, 0.2) is 60.9 Å². The summed E-state index contributed by atoms with van der Waals surface area (Å²) < 4.78 is 0. The first kappa shape index (κ1) is 28.9. The van der Waals surface area contributed by atoms with Crippen LogP contribution < -0.4 is 10.6 Å². The van der Waals surface area contributed by atoms with Crippen LogP contribution in [0.3, 0.4) is 0 Å². The van der Waals surface area contributed by atoms with Crippen LogP contribution in [0.25, 0.3) is 22.2 Å². The number of hydrogen-bond acceptors (Lipinski definition) is 7. The molecule has 3 heterocycles. The number of aromatic nitrogens is 3. The van der Waals surface area contributed by atoms with Crippen LogP contribution in [0.1, 0.15) is 29.6 Å². The van der Waals surface area contributed by atoms with E-state index in [1.807, 2.05) is 54.4 Å². The molecular formula is C30H34ClN7O2S. The van der Waals surface area contributed by atoms with Crippen LogP contribution in [0.2, 0.25) is 5.02 Å². The van der Waals surface area contributed by atoms with E-state index in [1.165, 1.54) is 0 Å². The number of carbonyl (C=O) groups is 2. The summed E-state index contributed by atoms with van der Waals surface area (Å²) in [5.74, 6) is 0.323. The Kier molecular flexibility index (Phi) is 9.12. The fourth-order valence-electron chi connectivity index (χ4n) is 5.15. The Labute approximate surface area is 250 Å². The third-order valence-corrected chi connectivity index (χ3v) is 7.67. The SMILES string of the molecule is CN(C)CC(S)CC(=O)Nc1ccc(C(=O)N2CCC[C@@H](Nc3ncc(Cl)c(-c4c[nH]c5ccccc45)n3)C2)cc1. The number of aromatic amines is 1. The maximum absolute atomic E-state index is 13.3. The van der Waals surface area contributed by atoms with Gasteiger partial charge in [-0.3, -0.25) is 9.59 Å². The molecule has 2 atom stereocenters. The van der Waals surface area contributed by atoms with Gasteiger partial charge in [-0.25, -0.2) is 9.97 Å². The molecule has 1 unspecified atom stereocenters. The molecule has 2 aromatic heterocycles. The van der Waals surface area contributed by atoms with Crippen molar-refractivity contribution in [2.45, 2.75) is 30.6 Å². The highest BCUT2D eigenvalue weighted by molar-refractivity contribution is 7.81. The van der Waals surface area contributed by atoms with Crippen LogP contribution in [0.5, 0.6) is 0 Å². The van der Waals surface area contributed by atoms with Crippen molar-refractivity contribution < 1.29 is 9.59 Å². The maximum Gasteiger partial charge on any atom is 0.253 e. The van der Waals surface area contributed by atoms with E-state index in [4.69, 9.17) is 16.6 Å². The number of likely N-dealkylation sites (tertiary alicyclic amines) is 1. The number of carbonyl (C=O) groups excluding carboxylic acids is 2. The molecule has 41 heavy (non-hydrogen) atoms. The Hall–Kier alpha value is -3.60. The quantitative estimate of drug-likeness (QED) is 0.200. The fraction of sp³-hybridized carbons (Fsp3) is 0.333. The molecule has 5 rings (SSSR count). The Morgan fingerprint density at radius 1 is 1.20 bits per heavy atom. The first-order valence-corrected chi connectivity index (χ1v) is 14.5. The Morgan fingerprint density at radius 2 is 1.98 bits per heavy atom.